The maximum absolute atomic E-state index is 13.4. The minimum atomic E-state index is -1.22. The number of nitrogens with two attached hydrogens (primary N) is 1. The summed E-state index contributed by atoms with van der Waals surface area (Å²) in [6, 6.07) is 5.60. The highest BCUT2D eigenvalue weighted by Gasteiger charge is 2.14. The molecule has 0 spiro atoms. The quantitative estimate of drug-likeness (QED) is 0.847. The lowest BCUT2D eigenvalue weighted by Gasteiger charge is -2.00. The van der Waals surface area contributed by atoms with E-state index in [1.165, 1.54) is 24.3 Å². The Morgan fingerprint density at radius 1 is 1.33 bits per heavy atom. The molecule has 1 aromatic carbocycles. The number of halogens is 2. The zero-order valence-corrected chi connectivity index (χ0v) is 8.04. The van der Waals surface area contributed by atoms with Crippen molar-refractivity contribution >= 4 is 11.0 Å². The van der Waals surface area contributed by atoms with Crippen LogP contribution in [0, 0.1) is 5.82 Å². The van der Waals surface area contributed by atoms with E-state index in [2.05, 4.69) is 0 Å². The first kappa shape index (κ1) is 10.1. The maximum atomic E-state index is 13.4. The van der Waals surface area contributed by atoms with E-state index < -0.39 is 6.17 Å². The summed E-state index contributed by atoms with van der Waals surface area (Å²) in [5.41, 5.74) is 5.74. The van der Waals surface area contributed by atoms with Crippen molar-refractivity contribution in [1.82, 2.24) is 0 Å². The van der Waals surface area contributed by atoms with Gasteiger partial charge in [0.05, 0.1) is 0 Å². The van der Waals surface area contributed by atoms with Crippen LogP contribution >= 0.6 is 0 Å². The first-order valence-electron chi connectivity index (χ1n) is 4.74. The van der Waals surface area contributed by atoms with Crippen LogP contribution in [0.2, 0.25) is 0 Å². The number of alkyl halides is 1. The molecule has 1 atom stereocenters. The second-order valence-corrected chi connectivity index (χ2v) is 3.38. The highest BCUT2D eigenvalue weighted by Crippen LogP contribution is 2.28. The molecule has 1 unspecified atom stereocenters. The van der Waals surface area contributed by atoms with Crippen molar-refractivity contribution < 1.29 is 13.2 Å². The minimum Gasteiger partial charge on any atom is -0.458 e. The molecule has 2 N–H and O–H groups in total. The van der Waals surface area contributed by atoms with Crippen molar-refractivity contribution in [3.63, 3.8) is 0 Å². The molecule has 4 heteroatoms. The summed E-state index contributed by atoms with van der Waals surface area (Å²) >= 11 is 0. The lowest BCUT2D eigenvalue weighted by Crippen LogP contribution is -2.02. The van der Waals surface area contributed by atoms with Gasteiger partial charge >= 0.3 is 0 Å². The van der Waals surface area contributed by atoms with Crippen molar-refractivity contribution in [2.75, 3.05) is 6.54 Å². The Kier molecular flexibility index (Phi) is 2.68. The van der Waals surface area contributed by atoms with Gasteiger partial charge in [-0.25, -0.2) is 8.78 Å². The van der Waals surface area contributed by atoms with Crippen molar-refractivity contribution in [2.24, 2.45) is 5.73 Å². The summed E-state index contributed by atoms with van der Waals surface area (Å²) in [4.78, 5) is 0. The van der Waals surface area contributed by atoms with Gasteiger partial charge in [0.25, 0.3) is 0 Å². The van der Waals surface area contributed by atoms with Crippen molar-refractivity contribution in [2.45, 2.75) is 12.6 Å². The second kappa shape index (κ2) is 3.98. The average molecular weight is 211 g/mol. The Hall–Kier alpha value is -1.42. The van der Waals surface area contributed by atoms with Gasteiger partial charge < -0.3 is 10.2 Å². The number of benzene rings is 1. The average Bonchev–Trinajstić information content (AvgIpc) is 2.60. The zero-order valence-electron chi connectivity index (χ0n) is 8.04. The van der Waals surface area contributed by atoms with Crippen LogP contribution in [-0.4, -0.2) is 6.54 Å². The number of fused-ring (bicyclic) bond motifs is 1. The maximum Gasteiger partial charge on any atom is 0.159 e. The summed E-state index contributed by atoms with van der Waals surface area (Å²) in [7, 11) is 0. The van der Waals surface area contributed by atoms with Crippen molar-refractivity contribution in [3.8, 4) is 0 Å². The molecule has 80 valence electrons. The van der Waals surface area contributed by atoms with E-state index in [0.29, 0.717) is 11.0 Å². The third kappa shape index (κ3) is 1.99. The molecule has 0 fully saturated rings. The van der Waals surface area contributed by atoms with E-state index in [4.69, 9.17) is 10.2 Å². The Morgan fingerprint density at radius 3 is 2.87 bits per heavy atom. The standard InChI is InChI=1S/C11H11F2NO/c12-8-1-2-10-7(5-8)6-11(15-10)9(13)3-4-14/h1-2,5-6,9H,3-4,14H2. The van der Waals surface area contributed by atoms with Gasteiger partial charge in [-0.3, -0.25) is 0 Å². The molecule has 2 nitrogen and oxygen atoms in total. The summed E-state index contributed by atoms with van der Waals surface area (Å²) in [5, 5.41) is 0.574. The molecule has 0 radical (unpaired) electrons. The monoisotopic (exact) mass is 211 g/mol. The third-order valence-corrected chi connectivity index (χ3v) is 2.23. The zero-order chi connectivity index (χ0) is 10.8. The lowest BCUT2D eigenvalue weighted by molar-refractivity contribution is 0.280. The molecular formula is C11H11F2NO. The van der Waals surface area contributed by atoms with E-state index >= 15 is 0 Å². The van der Waals surface area contributed by atoms with Gasteiger partial charge in [-0.05, 0) is 37.2 Å². The summed E-state index contributed by atoms with van der Waals surface area (Å²) < 4.78 is 31.5. The highest BCUT2D eigenvalue weighted by molar-refractivity contribution is 5.77. The Labute approximate surface area is 85.7 Å². The van der Waals surface area contributed by atoms with Crippen LogP contribution < -0.4 is 5.73 Å². The summed E-state index contributed by atoms with van der Waals surface area (Å²) in [6.45, 7) is 0.257. The van der Waals surface area contributed by atoms with Crippen LogP contribution in [0.25, 0.3) is 11.0 Å². The number of hydrogen-bond donors (Lipinski definition) is 1. The fourth-order valence-electron chi connectivity index (χ4n) is 1.48. The summed E-state index contributed by atoms with van der Waals surface area (Å²) in [5.74, 6) is -0.148. The number of furan rings is 1. The molecule has 2 rings (SSSR count). The topological polar surface area (TPSA) is 39.2 Å². The molecule has 1 aromatic heterocycles. The van der Waals surface area contributed by atoms with Crippen molar-refractivity contribution in [1.29, 1.82) is 0 Å². The molecule has 0 aliphatic heterocycles. The van der Waals surface area contributed by atoms with Gasteiger partial charge in [0.15, 0.2) is 6.17 Å². The largest absolute Gasteiger partial charge is 0.458 e. The van der Waals surface area contributed by atoms with Gasteiger partial charge in [-0.15, -0.1) is 0 Å². The van der Waals surface area contributed by atoms with Gasteiger partial charge in [-0.1, -0.05) is 0 Å². The van der Waals surface area contributed by atoms with E-state index in [0.717, 1.165) is 0 Å². The van der Waals surface area contributed by atoms with Gasteiger partial charge in [0.2, 0.25) is 0 Å². The second-order valence-electron chi connectivity index (χ2n) is 3.38. The fraction of sp³-hybridized carbons (Fsp3) is 0.273. The Balaban J connectivity index is 2.38. The number of rotatable bonds is 3. The third-order valence-electron chi connectivity index (χ3n) is 2.23. The molecule has 2 aromatic rings. The molecule has 0 bridgehead atoms. The first-order chi connectivity index (χ1) is 7.20. The highest BCUT2D eigenvalue weighted by atomic mass is 19.1. The van der Waals surface area contributed by atoms with Crippen molar-refractivity contribution in [3.05, 3.63) is 35.8 Å². The summed E-state index contributed by atoms with van der Waals surface area (Å²) in [6.07, 6.45) is -1.01. The molecule has 0 saturated heterocycles. The molecule has 0 amide bonds. The minimum absolute atomic E-state index is 0.209. The van der Waals surface area contributed by atoms with Gasteiger partial charge in [0, 0.05) is 5.39 Å². The van der Waals surface area contributed by atoms with Crippen LogP contribution in [0.1, 0.15) is 18.4 Å². The predicted octanol–water partition coefficient (Wildman–Crippen LogP) is 2.93. The normalized spacial score (nSPS) is 13.3. The lowest BCUT2D eigenvalue weighted by atomic mass is 10.2. The molecule has 1 heterocycles. The molecule has 15 heavy (non-hydrogen) atoms. The van der Waals surface area contributed by atoms with Crippen LogP contribution in [0.3, 0.4) is 0 Å². The molecular weight excluding hydrogens is 200 g/mol. The van der Waals surface area contributed by atoms with Crippen LogP contribution in [0.15, 0.2) is 28.7 Å². The van der Waals surface area contributed by atoms with Gasteiger partial charge in [0.1, 0.15) is 17.2 Å². The van der Waals surface area contributed by atoms with Crippen LogP contribution in [0.4, 0.5) is 8.78 Å². The molecule has 0 aliphatic carbocycles. The van der Waals surface area contributed by atoms with Gasteiger partial charge in [-0.2, -0.15) is 0 Å². The first-order valence-corrected chi connectivity index (χ1v) is 4.74. The predicted molar refractivity (Wildman–Crippen MR) is 53.7 cm³/mol. The van der Waals surface area contributed by atoms with Crippen LogP contribution in [-0.2, 0) is 0 Å². The van der Waals surface area contributed by atoms with Crippen LogP contribution in [0.5, 0.6) is 0 Å². The number of hydrogen-bond acceptors (Lipinski definition) is 2. The fourth-order valence-corrected chi connectivity index (χ4v) is 1.48. The van der Waals surface area contributed by atoms with E-state index in [-0.39, 0.29) is 24.5 Å². The van der Waals surface area contributed by atoms with E-state index in [9.17, 15) is 8.78 Å². The molecule has 0 aliphatic rings. The Morgan fingerprint density at radius 2 is 2.13 bits per heavy atom. The SMILES string of the molecule is NCCC(F)c1cc2cc(F)ccc2o1. The Bertz CT molecular complexity index is 467. The smallest absolute Gasteiger partial charge is 0.159 e. The van der Waals surface area contributed by atoms with E-state index in [1.807, 2.05) is 0 Å². The van der Waals surface area contributed by atoms with E-state index in [1.54, 1.807) is 0 Å². The molecule has 0 saturated carbocycles.